The second-order valence-electron chi connectivity index (χ2n) is 2.22. The van der Waals surface area contributed by atoms with Crippen LogP contribution in [0.25, 0.3) is 0 Å². The molecule has 0 aliphatic carbocycles. The van der Waals surface area contributed by atoms with E-state index in [0.717, 1.165) is 12.1 Å². The van der Waals surface area contributed by atoms with Gasteiger partial charge in [0, 0.05) is 4.47 Å². The van der Waals surface area contributed by atoms with E-state index in [-0.39, 0.29) is 4.47 Å². The van der Waals surface area contributed by atoms with Gasteiger partial charge >= 0.3 is 6.18 Å². The summed E-state index contributed by atoms with van der Waals surface area (Å²) in [7, 11) is 0. The lowest BCUT2D eigenvalue weighted by atomic mass is 10.2. The van der Waals surface area contributed by atoms with Crippen molar-refractivity contribution in [3.63, 3.8) is 0 Å². The summed E-state index contributed by atoms with van der Waals surface area (Å²) in [6.07, 6.45) is -4.57. The zero-order valence-corrected chi connectivity index (χ0v) is 9.09. The zero-order chi connectivity index (χ0) is 10.2. The number of alkyl halides is 3. The molecule has 13 heavy (non-hydrogen) atoms. The number of hydrogen-bond donors (Lipinski definition) is 0. The monoisotopic (exact) mass is 320 g/mol. The van der Waals surface area contributed by atoms with Crippen molar-refractivity contribution < 1.29 is 17.6 Å². The maximum atomic E-state index is 12.7. The van der Waals surface area contributed by atoms with Gasteiger partial charge in [-0.25, -0.2) is 4.39 Å². The zero-order valence-electron chi connectivity index (χ0n) is 5.92. The highest BCUT2D eigenvalue weighted by Gasteiger charge is 2.36. The van der Waals surface area contributed by atoms with E-state index in [2.05, 4.69) is 31.9 Å². The van der Waals surface area contributed by atoms with Gasteiger partial charge in [0.1, 0.15) is 5.82 Å². The van der Waals surface area contributed by atoms with Gasteiger partial charge in [0.2, 0.25) is 0 Å². The van der Waals surface area contributed by atoms with Crippen molar-refractivity contribution in [3.05, 3.63) is 32.5 Å². The van der Waals surface area contributed by atoms with Gasteiger partial charge in [0.15, 0.2) is 0 Å². The van der Waals surface area contributed by atoms with Crippen LogP contribution >= 0.6 is 31.9 Å². The van der Waals surface area contributed by atoms with Crippen molar-refractivity contribution in [3.8, 4) is 0 Å². The smallest absolute Gasteiger partial charge is 0.206 e. The largest absolute Gasteiger partial charge is 0.418 e. The van der Waals surface area contributed by atoms with Crippen molar-refractivity contribution in [1.82, 2.24) is 0 Å². The van der Waals surface area contributed by atoms with Gasteiger partial charge in [0.25, 0.3) is 0 Å². The van der Waals surface area contributed by atoms with Crippen LogP contribution < -0.4 is 0 Å². The highest BCUT2D eigenvalue weighted by atomic mass is 79.9. The Balaban J connectivity index is 3.43. The lowest BCUT2D eigenvalue weighted by molar-refractivity contribution is -0.139. The first-order valence-electron chi connectivity index (χ1n) is 3.04. The van der Waals surface area contributed by atoms with E-state index in [1.807, 2.05) is 0 Å². The first-order valence-corrected chi connectivity index (χ1v) is 4.63. The van der Waals surface area contributed by atoms with E-state index >= 15 is 0 Å². The maximum absolute atomic E-state index is 12.7. The van der Waals surface area contributed by atoms with Gasteiger partial charge in [0.05, 0.1) is 10.0 Å². The molecule has 0 saturated heterocycles. The Kier molecular flexibility index (Phi) is 3.01. The second-order valence-corrected chi connectivity index (χ2v) is 3.86. The molecule has 0 saturated carbocycles. The summed E-state index contributed by atoms with van der Waals surface area (Å²) < 4.78 is 48.7. The molecule has 0 nitrogen and oxygen atoms in total. The van der Waals surface area contributed by atoms with Gasteiger partial charge in [-0.05, 0) is 28.1 Å². The first-order chi connectivity index (χ1) is 5.84. The highest BCUT2D eigenvalue weighted by Crippen LogP contribution is 2.40. The molecule has 0 fully saturated rings. The fourth-order valence-electron chi connectivity index (χ4n) is 0.787. The standard InChI is InChI=1S/C7H2Br2F4/c8-3-1-2-4(10)6(9)5(3)7(11,12)13/h1-2H. The molecule has 0 aliphatic heterocycles. The molecular formula is C7H2Br2F4. The number of benzene rings is 1. The summed E-state index contributed by atoms with van der Waals surface area (Å²) in [6.45, 7) is 0. The lowest BCUT2D eigenvalue weighted by Crippen LogP contribution is -2.08. The SMILES string of the molecule is Fc1ccc(Br)c(C(F)(F)F)c1Br. The molecule has 0 unspecified atom stereocenters. The Bertz CT molecular complexity index is 332. The van der Waals surface area contributed by atoms with Gasteiger partial charge in [-0.2, -0.15) is 13.2 Å². The minimum absolute atomic E-state index is 0.187. The van der Waals surface area contributed by atoms with Gasteiger partial charge < -0.3 is 0 Å². The average Bonchev–Trinajstić information content (AvgIpc) is 1.95. The summed E-state index contributed by atoms with van der Waals surface area (Å²) in [5, 5.41) is 0. The molecule has 1 rings (SSSR count). The van der Waals surface area contributed by atoms with Gasteiger partial charge in [-0.15, -0.1) is 0 Å². The summed E-state index contributed by atoms with van der Waals surface area (Å²) in [6, 6.07) is 1.96. The molecular weight excluding hydrogens is 320 g/mol. The molecule has 72 valence electrons. The van der Waals surface area contributed by atoms with Crippen LogP contribution in [0, 0.1) is 5.82 Å². The van der Waals surface area contributed by atoms with Gasteiger partial charge in [-0.1, -0.05) is 15.9 Å². The number of halogens is 6. The fourth-order valence-corrected chi connectivity index (χ4v) is 2.18. The van der Waals surface area contributed by atoms with E-state index in [1.165, 1.54) is 0 Å². The Morgan fingerprint density at radius 1 is 1.08 bits per heavy atom. The van der Waals surface area contributed by atoms with Crippen LogP contribution in [0.1, 0.15) is 5.56 Å². The molecule has 0 N–H and O–H groups in total. The van der Waals surface area contributed by atoms with Crippen molar-refractivity contribution in [2.75, 3.05) is 0 Å². The van der Waals surface area contributed by atoms with Crippen molar-refractivity contribution in [2.24, 2.45) is 0 Å². The van der Waals surface area contributed by atoms with Crippen molar-refractivity contribution in [1.29, 1.82) is 0 Å². The number of hydrogen-bond acceptors (Lipinski definition) is 0. The van der Waals surface area contributed by atoms with Crippen LogP contribution in [-0.2, 0) is 6.18 Å². The van der Waals surface area contributed by atoms with Crippen LogP contribution in [0.3, 0.4) is 0 Å². The minimum atomic E-state index is -4.57. The predicted molar refractivity (Wildman–Crippen MR) is 46.8 cm³/mol. The Morgan fingerprint density at radius 3 is 2.00 bits per heavy atom. The second kappa shape index (κ2) is 3.57. The topological polar surface area (TPSA) is 0 Å². The molecule has 0 heterocycles. The van der Waals surface area contributed by atoms with E-state index in [9.17, 15) is 17.6 Å². The van der Waals surface area contributed by atoms with E-state index in [0.29, 0.717) is 0 Å². The minimum Gasteiger partial charge on any atom is -0.206 e. The maximum Gasteiger partial charge on any atom is 0.418 e. The molecule has 0 spiro atoms. The summed E-state index contributed by atoms with van der Waals surface area (Å²) in [4.78, 5) is 0. The Morgan fingerprint density at radius 2 is 1.62 bits per heavy atom. The first kappa shape index (κ1) is 11.0. The summed E-state index contributed by atoms with van der Waals surface area (Å²) in [5.74, 6) is -0.935. The molecule has 0 amide bonds. The van der Waals surface area contributed by atoms with Crippen LogP contribution in [0.15, 0.2) is 21.1 Å². The van der Waals surface area contributed by atoms with E-state index < -0.39 is 22.0 Å². The Labute approximate surface area is 88.2 Å². The summed E-state index contributed by atoms with van der Waals surface area (Å²) >= 11 is 5.24. The fraction of sp³-hybridized carbons (Fsp3) is 0.143. The molecule has 1 aromatic rings. The Hall–Kier alpha value is -0.100. The normalized spacial score (nSPS) is 11.8. The predicted octanol–water partition coefficient (Wildman–Crippen LogP) is 4.37. The molecule has 0 radical (unpaired) electrons. The van der Waals surface area contributed by atoms with E-state index in [1.54, 1.807) is 0 Å². The summed E-state index contributed by atoms with van der Waals surface area (Å²) in [5.41, 5.74) is -1.03. The van der Waals surface area contributed by atoms with Crippen LogP contribution in [0.4, 0.5) is 17.6 Å². The molecule has 1 aromatic carbocycles. The quantitative estimate of drug-likeness (QED) is 0.491. The van der Waals surface area contributed by atoms with Gasteiger partial charge in [-0.3, -0.25) is 0 Å². The van der Waals surface area contributed by atoms with Crippen LogP contribution in [0.2, 0.25) is 0 Å². The van der Waals surface area contributed by atoms with Crippen LogP contribution in [-0.4, -0.2) is 0 Å². The average molecular weight is 322 g/mol. The lowest BCUT2D eigenvalue weighted by Gasteiger charge is -2.11. The van der Waals surface area contributed by atoms with E-state index in [4.69, 9.17) is 0 Å². The third kappa shape index (κ3) is 2.22. The van der Waals surface area contributed by atoms with Crippen LogP contribution in [0.5, 0.6) is 0 Å². The molecule has 0 aromatic heterocycles. The number of rotatable bonds is 0. The molecule has 0 bridgehead atoms. The molecule has 0 aliphatic rings. The third-order valence-corrected chi connectivity index (χ3v) is 2.76. The molecule has 0 atom stereocenters. The third-order valence-electron chi connectivity index (χ3n) is 1.33. The van der Waals surface area contributed by atoms with Crippen molar-refractivity contribution >= 4 is 31.9 Å². The highest BCUT2D eigenvalue weighted by molar-refractivity contribution is 9.11. The molecule has 6 heteroatoms. The van der Waals surface area contributed by atoms with Crippen molar-refractivity contribution in [2.45, 2.75) is 6.18 Å².